The minimum atomic E-state index is -0.123. The Labute approximate surface area is 190 Å². The van der Waals surface area contributed by atoms with Crippen LogP contribution in [0.1, 0.15) is 43.5 Å². The van der Waals surface area contributed by atoms with Crippen LogP contribution in [-0.4, -0.2) is 50.2 Å². The second kappa shape index (κ2) is 10.4. The summed E-state index contributed by atoms with van der Waals surface area (Å²) in [6.07, 6.45) is 12.8. The Bertz CT molecular complexity index is 989. The lowest BCUT2D eigenvalue weighted by Crippen LogP contribution is -2.35. The molecule has 2 aliphatic rings. The first-order chi connectivity index (χ1) is 15.1. The number of hydrogen-bond acceptors (Lipinski definition) is 9. The number of ketones is 1. The Morgan fingerprint density at radius 2 is 1.97 bits per heavy atom. The van der Waals surface area contributed by atoms with Crippen molar-refractivity contribution < 1.29 is 9.59 Å². The van der Waals surface area contributed by atoms with E-state index in [2.05, 4.69) is 24.8 Å². The van der Waals surface area contributed by atoms with E-state index in [1.807, 2.05) is 18.5 Å². The van der Waals surface area contributed by atoms with Gasteiger partial charge in [-0.1, -0.05) is 11.8 Å². The van der Waals surface area contributed by atoms with Gasteiger partial charge in [0.2, 0.25) is 11.1 Å². The summed E-state index contributed by atoms with van der Waals surface area (Å²) < 4.78 is 0. The van der Waals surface area contributed by atoms with E-state index in [1.54, 1.807) is 30.1 Å². The van der Waals surface area contributed by atoms with Crippen LogP contribution < -0.4 is 4.90 Å². The van der Waals surface area contributed by atoms with Gasteiger partial charge in [0.05, 0.1) is 17.0 Å². The van der Waals surface area contributed by atoms with Crippen molar-refractivity contribution in [2.75, 3.05) is 24.2 Å². The van der Waals surface area contributed by atoms with Crippen molar-refractivity contribution in [3.05, 3.63) is 40.8 Å². The highest BCUT2D eigenvalue weighted by atomic mass is 32.2. The second-order valence-electron chi connectivity index (χ2n) is 7.72. The van der Waals surface area contributed by atoms with E-state index in [0.29, 0.717) is 22.5 Å². The van der Waals surface area contributed by atoms with Crippen LogP contribution in [0.15, 0.2) is 34.6 Å². The quantitative estimate of drug-likeness (QED) is 0.268. The molecular weight excluding hydrogens is 430 g/mol. The largest absolute Gasteiger partial charge is 0.341 e. The third-order valence-corrected chi connectivity index (χ3v) is 7.06. The van der Waals surface area contributed by atoms with Gasteiger partial charge >= 0.3 is 0 Å². The zero-order valence-corrected chi connectivity index (χ0v) is 19.1. The van der Waals surface area contributed by atoms with Crippen LogP contribution in [0.5, 0.6) is 0 Å². The number of hydrogen-bond donors (Lipinski definition) is 0. The van der Waals surface area contributed by atoms with Gasteiger partial charge in [-0.3, -0.25) is 9.59 Å². The molecule has 2 aromatic rings. The summed E-state index contributed by atoms with van der Waals surface area (Å²) in [7, 11) is 0. The minimum Gasteiger partial charge on any atom is -0.341 e. The molecule has 9 heteroatoms. The number of aromatic nitrogens is 4. The van der Waals surface area contributed by atoms with Crippen LogP contribution in [0.3, 0.4) is 0 Å². The molecule has 7 nitrogen and oxygen atoms in total. The minimum absolute atomic E-state index is 0.0160. The van der Waals surface area contributed by atoms with Crippen LogP contribution in [0.2, 0.25) is 0 Å². The van der Waals surface area contributed by atoms with E-state index in [9.17, 15) is 9.59 Å². The standard InChI is InChI=1S/C22H25N5O2S2/c1-30-22-24-10-5-16(26-22)4-2-3-15-7-11-27(12-8-15)21-23-9-6-17(25-21)13-19-18(28)14-20(29)31-19/h5-6,9-10,13,15H,2-4,7-8,11-12,14H2,1H3/b19-13-. The van der Waals surface area contributed by atoms with Gasteiger partial charge in [0.25, 0.3) is 0 Å². The number of allylic oxidation sites excluding steroid dienone is 1. The van der Waals surface area contributed by atoms with Gasteiger partial charge in [0.1, 0.15) is 0 Å². The van der Waals surface area contributed by atoms with Crippen LogP contribution in [0.25, 0.3) is 6.08 Å². The van der Waals surface area contributed by atoms with E-state index < -0.39 is 0 Å². The Morgan fingerprint density at radius 1 is 1.16 bits per heavy atom. The monoisotopic (exact) mass is 455 g/mol. The average molecular weight is 456 g/mol. The van der Waals surface area contributed by atoms with Crippen molar-refractivity contribution >= 4 is 46.4 Å². The first-order valence-electron chi connectivity index (χ1n) is 10.5. The summed E-state index contributed by atoms with van der Waals surface area (Å²) in [5, 5.41) is 0.739. The highest BCUT2D eigenvalue weighted by Gasteiger charge is 2.26. The second-order valence-corrected chi connectivity index (χ2v) is 9.59. The van der Waals surface area contributed by atoms with Crippen molar-refractivity contribution in [3.63, 3.8) is 0 Å². The molecule has 0 spiro atoms. The summed E-state index contributed by atoms with van der Waals surface area (Å²) in [5.74, 6) is 1.28. The normalized spacial score (nSPS) is 18.9. The summed E-state index contributed by atoms with van der Waals surface area (Å²) in [6.45, 7) is 1.86. The number of Topliss-reactive ketones (excluding diaryl/α,β-unsaturated/α-hetero) is 1. The lowest BCUT2D eigenvalue weighted by atomic mass is 9.91. The molecule has 0 radical (unpaired) electrons. The molecule has 2 aromatic heterocycles. The average Bonchev–Trinajstić information content (AvgIpc) is 3.11. The maximum absolute atomic E-state index is 11.8. The smallest absolute Gasteiger partial charge is 0.225 e. The summed E-state index contributed by atoms with van der Waals surface area (Å²) in [5.41, 5.74) is 1.80. The Balaban J connectivity index is 1.27. The number of thioether (sulfide) groups is 2. The van der Waals surface area contributed by atoms with Crippen molar-refractivity contribution in [3.8, 4) is 0 Å². The highest BCUT2D eigenvalue weighted by molar-refractivity contribution is 8.18. The molecule has 0 atom stereocenters. The molecule has 2 fully saturated rings. The molecule has 0 aromatic carbocycles. The first-order valence-corrected chi connectivity index (χ1v) is 12.5. The van der Waals surface area contributed by atoms with Crippen molar-refractivity contribution in [1.82, 2.24) is 19.9 Å². The van der Waals surface area contributed by atoms with Gasteiger partial charge in [-0.2, -0.15) is 0 Å². The highest BCUT2D eigenvalue weighted by Crippen LogP contribution is 2.31. The molecule has 4 heterocycles. The van der Waals surface area contributed by atoms with Crippen LogP contribution in [0.4, 0.5) is 5.95 Å². The van der Waals surface area contributed by atoms with Gasteiger partial charge in [-0.15, -0.1) is 0 Å². The van der Waals surface area contributed by atoms with Crippen LogP contribution >= 0.6 is 23.5 Å². The van der Waals surface area contributed by atoms with E-state index in [-0.39, 0.29) is 17.3 Å². The number of carbonyl (C=O) groups excluding carboxylic acids is 2. The first kappa shape index (κ1) is 22.0. The molecule has 4 rings (SSSR count). The maximum atomic E-state index is 11.8. The van der Waals surface area contributed by atoms with Gasteiger partial charge in [-0.05, 0) is 74.2 Å². The fourth-order valence-corrected chi connectivity index (χ4v) is 5.07. The Hall–Kier alpha value is -2.26. The summed E-state index contributed by atoms with van der Waals surface area (Å²) >= 11 is 2.58. The molecule has 31 heavy (non-hydrogen) atoms. The number of piperidine rings is 1. The number of rotatable bonds is 7. The predicted octanol–water partition coefficient (Wildman–Crippen LogP) is 3.80. The predicted molar refractivity (Wildman–Crippen MR) is 124 cm³/mol. The lowest BCUT2D eigenvalue weighted by Gasteiger charge is -2.32. The third-order valence-electron chi connectivity index (χ3n) is 5.56. The maximum Gasteiger partial charge on any atom is 0.225 e. The summed E-state index contributed by atoms with van der Waals surface area (Å²) in [4.78, 5) is 43.8. The van der Waals surface area contributed by atoms with E-state index in [1.165, 1.54) is 6.42 Å². The fraction of sp³-hybridized carbons (Fsp3) is 0.455. The number of anilines is 1. The van der Waals surface area contributed by atoms with Crippen LogP contribution in [-0.2, 0) is 16.0 Å². The van der Waals surface area contributed by atoms with Crippen molar-refractivity contribution in [1.29, 1.82) is 0 Å². The molecule has 0 saturated carbocycles. The van der Waals surface area contributed by atoms with Gasteiger partial charge in [0, 0.05) is 31.2 Å². The molecular formula is C22H25N5O2S2. The Morgan fingerprint density at radius 3 is 2.71 bits per heavy atom. The van der Waals surface area contributed by atoms with Crippen molar-refractivity contribution in [2.45, 2.75) is 43.7 Å². The lowest BCUT2D eigenvalue weighted by molar-refractivity contribution is -0.119. The Kier molecular flexibility index (Phi) is 7.34. The molecule has 0 N–H and O–H groups in total. The molecule has 0 aliphatic carbocycles. The molecule has 0 bridgehead atoms. The number of nitrogens with zero attached hydrogens (tertiary/aromatic N) is 5. The topological polar surface area (TPSA) is 88.9 Å². The zero-order chi connectivity index (χ0) is 21.6. The van der Waals surface area contributed by atoms with Gasteiger partial charge in [0.15, 0.2) is 10.9 Å². The molecule has 2 saturated heterocycles. The van der Waals surface area contributed by atoms with Gasteiger partial charge < -0.3 is 4.90 Å². The molecule has 2 aliphatic heterocycles. The number of carbonyl (C=O) groups is 2. The molecule has 0 unspecified atom stereocenters. The van der Waals surface area contributed by atoms with Crippen molar-refractivity contribution in [2.24, 2.45) is 5.92 Å². The fourth-order valence-electron chi connectivity index (χ4n) is 3.88. The third kappa shape index (κ3) is 5.92. The molecule has 162 valence electrons. The van der Waals surface area contributed by atoms with E-state index >= 15 is 0 Å². The molecule has 0 amide bonds. The van der Waals surface area contributed by atoms with Gasteiger partial charge in [-0.25, -0.2) is 19.9 Å². The number of aryl methyl sites for hydroxylation is 1. The summed E-state index contributed by atoms with van der Waals surface area (Å²) in [6, 6.07) is 3.78. The van der Waals surface area contributed by atoms with Crippen LogP contribution in [0, 0.1) is 5.92 Å². The van der Waals surface area contributed by atoms with E-state index in [4.69, 9.17) is 0 Å². The van der Waals surface area contributed by atoms with E-state index in [0.717, 1.165) is 61.4 Å². The zero-order valence-electron chi connectivity index (χ0n) is 17.5. The SMILES string of the molecule is CSc1nccc(CCCC2CCN(c3nccc(/C=C4\SC(=O)CC4=O)n3)CC2)n1.